The van der Waals surface area contributed by atoms with E-state index in [0.29, 0.717) is 13.0 Å². The van der Waals surface area contributed by atoms with Gasteiger partial charge in [0.05, 0.1) is 19.3 Å². The summed E-state index contributed by atoms with van der Waals surface area (Å²) in [6.07, 6.45) is 1.46. The Morgan fingerprint density at radius 1 is 1.64 bits per heavy atom. The van der Waals surface area contributed by atoms with E-state index in [4.69, 9.17) is 9.47 Å². The van der Waals surface area contributed by atoms with Gasteiger partial charge >= 0.3 is 5.97 Å². The SMILES string of the molecule is CCOC(=O)CC[C@@H]1NCCO[C@H]1C. The van der Waals surface area contributed by atoms with Crippen molar-refractivity contribution in [1.29, 1.82) is 0 Å². The van der Waals surface area contributed by atoms with Crippen LogP contribution in [0.4, 0.5) is 0 Å². The third-order valence-electron chi connectivity index (χ3n) is 2.42. The molecule has 1 rings (SSSR count). The van der Waals surface area contributed by atoms with Crippen LogP contribution in [0.15, 0.2) is 0 Å². The number of esters is 1. The van der Waals surface area contributed by atoms with Crippen molar-refractivity contribution in [2.45, 2.75) is 38.8 Å². The number of ether oxygens (including phenoxy) is 2. The summed E-state index contributed by atoms with van der Waals surface area (Å²) in [5, 5.41) is 3.33. The highest BCUT2D eigenvalue weighted by molar-refractivity contribution is 5.69. The van der Waals surface area contributed by atoms with Crippen LogP contribution in [0.2, 0.25) is 0 Å². The Bertz CT molecular complexity index is 184. The highest BCUT2D eigenvalue weighted by Gasteiger charge is 2.21. The van der Waals surface area contributed by atoms with Crippen molar-refractivity contribution in [1.82, 2.24) is 5.32 Å². The molecular weight excluding hydrogens is 182 g/mol. The van der Waals surface area contributed by atoms with Gasteiger partial charge in [-0.25, -0.2) is 0 Å². The zero-order valence-electron chi connectivity index (χ0n) is 8.91. The first-order valence-electron chi connectivity index (χ1n) is 5.24. The van der Waals surface area contributed by atoms with Gasteiger partial charge in [0.25, 0.3) is 0 Å². The molecule has 82 valence electrons. The molecule has 0 aromatic carbocycles. The van der Waals surface area contributed by atoms with Gasteiger partial charge in [-0.3, -0.25) is 4.79 Å². The van der Waals surface area contributed by atoms with E-state index < -0.39 is 0 Å². The summed E-state index contributed by atoms with van der Waals surface area (Å²) in [6, 6.07) is 0.285. The summed E-state index contributed by atoms with van der Waals surface area (Å²) >= 11 is 0. The van der Waals surface area contributed by atoms with Crippen LogP contribution >= 0.6 is 0 Å². The number of rotatable bonds is 4. The van der Waals surface area contributed by atoms with Gasteiger partial charge < -0.3 is 14.8 Å². The lowest BCUT2D eigenvalue weighted by atomic mass is 10.1. The second-order valence-corrected chi connectivity index (χ2v) is 3.48. The quantitative estimate of drug-likeness (QED) is 0.680. The average molecular weight is 201 g/mol. The second kappa shape index (κ2) is 5.98. The molecule has 4 heteroatoms. The minimum Gasteiger partial charge on any atom is -0.466 e. The molecule has 0 aromatic heterocycles. The fourth-order valence-corrected chi connectivity index (χ4v) is 1.61. The summed E-state index contributed by atoms with van der Waals surface area (Å²) in [7, 11) is 0. The molecule has 1 heterocycles. The van der Waals surface area contributed by atoms with E-state index in [1.165, 1.54) is 0 Å². The normalized spacial score (nSPS) is 27.3. The minimum atomic E-state index is -0.118. The monoisotopic (exact) mass is 201 g/mol. The molecule has 1 saturated heterocycles. The molecule has 1 aliphatic heterocycles. The fourth-order valence-electron chi connectivity index (χ4n) is 1.61. The largest absolute Gasteiger partial charge is 0.466 e. The van der Waals surface area contributed by atoms with E-state index in [1.807, 2.05) is 13.8 Å². The Hall–Kier alpha value is -0.610. The number of carbonyl (C=O) groups excluding carboxylic acids is 1. The number of nitrogens with one attached hydrogen (secondary N) is 1. The molecule has 2 atom stereocenters. The first-order chi connectivity index (χ1) is 6.74. The summed E-state index contributed by atoms with van der Waals surface area (Å²) in [5.74, 6) is -0.118. The number of hydrogen-bond acceptors (Lipinski definition) is 4. The van der Waals surface area contributed by atoms with Crippen LogP contribution in [0.1, 0.15) is 26.7 Å². The molecule has 4 nitrogen and oxygen atoms in total. The van der Waals surface area contributed by atoms with Crippen LogP contribution in [0, 0.1) is 0 Å². The third-order valence-corrected chi connectivity index (χ3v) is 2.42. The van der Waals surface area contributed by atoms with Crippen molar-refractivity contribution in [3.05, 3.63) is 0 Å². The van der Waals surface area contributed by atoms with Crippen LogP contribution in [-0.2, 0) is 14.3 Å². The van der Waals surface area contributed by atoms with Crippen molar-refractivity contribution in [3.8, 4) is 0 Å². The van der Waals surface area contributed by atoms with Crippen LogP contribution in [-0.4, -0.2) is 37.9 Å². The molecule has 1 N–H and O–H groups in total. The van der Waals surface area contributed by atoms with Crippen molar-refractivity contribution in [2.24, 2.45) is 0 Å². The topological polar surface area (TPSA) is 47.6 Å². The van der Waals surface area contributed by atoms with Gasteiger partial charge in [-0.1, -0.05) is 0 Å². The average Bonchev–Trinajstić information content (AvgIpc) is 2.17. The Kier molecular flexibility index (Phi) is 4.90. The molecule has 0 spiro atoms. The van der Waals surface area contributed by atoms with Crippen LogP contribution in [0.3, 0.4) is 0 Å². The maximum absolute atomic E-state index is 11.1. The number of carbonyl (C=O) groups is 1. The lowest BCUT2D eigenvalue weighted by molar-refractivity contribution is -0.143. The second-order valence-electron chi connectivity index (χ2n) is 3.48. The van der Waals surface area contributed by atoms with Gasteiger partial charge in [0.1, 0.15) is 0 Å². The number of morpholine rings is 1. The van der Waals surface area contributed by atoms with Crippen molar-refractivity contribution in [3.63, 3.8) is 0 Å². The summed E-state index contributed by atoms with van der Waals surface area (Å²) in [6.45, 7) is 5.95. The molecule has 1 aliphatic rings. The van der Waals surface area contributed by atoms with E-state index in [9.17, 15) is 4.79 Å². The molecule has 1 fully saturated rings. The van der Waals surface area contributed by atoms with Crippen LogP contribution in [0.5, 0.6) is 0 Å². The van der Waals surface area contributed by atoms with Crippen molar-refractivity contribution < 1.29 is 14.3 Å². The Labute approximate surface area is 85.0 Å². The van der Waals surface area contributed by atoms with Gasteiger partial charge in [-0.15, -0.1) is 0 Å². The van der Waals surface area contributed by atoms with E-state index in [-0.39, 0.29) is 18.1 Å². The first kappa shape index (κ1) is 11.5. The molecule has 0 amide bonds. The summed E-state index contributed by atoms with van der Waals surface area (Å²) in [5.41, 5.74) is 0. The first-order valence-corrected chi connectivity index (χ1v) is 5.24. The van der Waals surface area contributed by atoms with E-state index in [2.05, 4.69) is 5.32 Å². The zero-order chi connectivity index (χ0) is 10.4. The molecule has 0 aliphatic carbocycles. The lowest BCUT2D eigenvalue weighted by Gasteiger charge is -2.30. The predicted molar refractivity (Wildman–Crippen MR) is 53.1 cm³/mol. The highest BCUT2D eigenvalue weighted by Crippen LogP contribution is 2.10. The van der Waals surface area contributed by atoms with Gasteiger partial charge in [-0.2, -0.15) is 0 Å². The Balaban J connectivity index is 2.19. The molecule has 0 saturated carbocycles. The van der Waals surface area contributed by atoms with Gasteiger partial charge in [0.15, 0.2) is 0 Å². The smallest absolute Gasteiger partial charge is 0.305 e. The zero-order valence-corrected chi connectivity index (χ0v) is 8.91. The molecule has 0 unspecified atom stereocenters. The van der Waals surface area contributed by atoms with Crippen molar-refractivity contribution in [2.75, 3.05) is 19.8 Å². The van der Waals surface area contributed by atoms with E-state index in [0.717, 1.165) is 19.6 Å². The summed E-state index contributed by atoms with van der Waals surface area (Å²) < 4.78 is 10.3. The van der Waals surface area contributed by atoms with E-state index in [1.54, 1.807) is 0 Å². The third kappa shape index (κ3) is 3.64. The van der Waals surface area contributed by atoms with Gasteiger partial charge in [0.2, 0.25) is 0 Å². The highest BCUT2D eigenvalue weighted by atomic mass is 16.5. The molecule has 0 radical (unpaired) electrons. The molecule has 14 heavy (non-hydrogen) atoms. The van der Waals surface area contributed by atoms with Crippen molar-refractivity contribution >= 4 is 5.97 Å². The molecule has 0 bridgehead atoms. The lowest BCUT2D eigenvalue weighted by Crippen LogP contribution is -2.47. The summed E-state index contributed by atoms with van der Waals surface area (Å²) in [4.78, 5) is 11.1. The predicted octanol–water partition coefficient (Wildman–Crippen LogP) is 0.707. The van der Waals surface area contributed by atoms with Crippen LogP contribution < -0.4 is 5.32 Å². The Morgan fingerprint density at radius 3 is 3.07 bits per heavy atom. The molecular formula is C10H19NO3. The van der Waals surface area contributed by atoms with E-state index >= 15 is 0 Å². The standard InChI is InChI=1S/C10H19NO3/c1-3-13-10(12)5-4-9-8(2)14-7-6-11-9/h8-9,11H,3-7H2,1-2H3/t8-,9-/m0/s1. The maximum Gasteiger partial charge on any atom is 0.305 e. The Morgan fingerprint density at radius 2 is 2.43 bits per heavy atom. The molecule has 0 aromatic rings. The maximum atomic E-state index is 11.1. The van der Waals surface area contributed by atoms with Gasteiger partial charge in [0, 0.05) is 19.0 Å². The fraction of sp³-hybridized carbons (Fsp3) is 0.900. The van der Waals surface area contributed by atoms with Gasteiger partial charge in [-0.05, 0) is 20.3 Å². The van der Waals surface area contributed by atoms with Crippen LogP contribution in [0.25, 0.3) is 0 Å². The number of hydrogen-bond donors (Lipinski definition) is 1. The minimum absolute atomic E-state index is 0.118.